The standard InChI is InChI=1S/C25H34F3N3O/c1-7-10-11-19(9-3)23-29-22(18(5)24(30-23)31(6)16-17(4)8-2)20-12-14-21(15-13-20)32-25(26,27)28/h12-16,19H,7-11H2,1-6H3/b17-16+. The number of unbranched alkanes of at least 4 members (excludes halogenated alkanes) is 1. The van der Waals surface area contributed by atoms with Crippen LogP contribution in [0.15, 0.2) is 36.0 Å². The third-order valence-electron chi connectivity index (χ3n) is 5.57. The molecule has 1 aromatic heterocycles. The van der Waals surface area contributed by atoms with E-state index >= 15 is 0 Å². The molecule has 0 aliphatic carbocycles. The average Bonchev–Trinajstić information content (AvgIpc) is 2.74. The monoisotopic (exact) mass is 449 g/mol. The first kappa shape index (κ1) is 25.7. The largest absolute Gasteiger partial charge is 0.573 e. The number of nitrogens with zero attached hydrogens (tertiary/aromatic N) is 3. The van der Waals surface area contributed by atoms with Crippen molar-refractivity contribution in [1.82, 2.24) is 9.97 Å². The maximum atomic E-state index is 12.5. The van der Waals surface area contributed by atoms with Crippen LogP contribution < -0.4 is 9.64 Å². The van der Waals surface area contributed by atoms with Crippen molar-refractivity contribution < 1.29 is 17.9 Å². The van der Waals surface area contributed by atoms with E-state index in [0.29, 0.717) is 0 Å². The van der Waals surface area contributed by atoms with Crippen LogP contribution in [0.5, 0.6) is 5.75 Å². The van der Waals surface area contributed by atoms with Gasteiger partial charge >= 0.3 is 6.36 Å². The lowest BCUT2D eigenvalue weighted by Gasteiger charge is -2.23. The Bertz CT molecular complexity index is 908. The van der Waals surface area contributed by atoms with Crippen LogP contribution in [-0.2, 0) is 0 Å². The smallest absolute Gasteiger partial charge is 0.406 e. The van der Waals surface area contributed by atoms with Crippen molar-refractivity contribution in [3.8, 4) is 17.0 Å². The fourth-order valence-electron chi connectivity index (χ4n) is 3.59. The summed E-state index contributed by atoms with van der Waals surface area (Å²) in [5.74, 6) is 1.57. The number of anilines is 1. The number of benzene rings is 1. The molecule has 0 saturated heterocycles. The molecule has 0 N–H and O–H groups in total. The SMILES string of the molecule is CCCCC(CC)c1nc(-c2ccc(OC(F)(F)F)cc2)c(C)c(N(C)/C=C(\C)CC)n1. The number of allylic oxidation sites excluding steroid dienone is 1. The van der Waals surface area contributed by atoms with E-state index in [1.54, 1.807) is 12.1 Å². The van der Waals surface area contributed by atoms with Crippen molar-refractivity contribution in [1.29, 1.82) is 0 Å². The first-order valence-electron chi connectivity index (χ1n) is 11.2. The molecule has 0 radical (unpaired) electrons. The van der Waals surface area contributed by atoms with Crippen molar-refractivity contribution in [3.05, 3.63) is 47.4 Å². The molecule has 0 amide bonds. The molecular weight excluding hydrogens is 415 g/mol. The molecule has 1 aromatic carbocycles. The van der Waals surface area contributed by atoms with E-state index < -0.39 is 6.36 Å². The first-order valence-corrected chi connectivity index (χ1v) is 11.2. The second-order valence-corrected chi connectivity index (χ2v) is 8.14. The van der Waals surface area contributed by atoms with Gasteiger partial charge in [-0.05, 0) is 57.4 Å². The van der Waals surface area contributed by atoms with Crippen LogP contribution in [0.3, 0.4) is 0 Å². The van der Waals surface area contributed by atoms with Gasteiger partial charge in [-0.25, -0.2) is 9.97 Å². The van der Waals surface area contributed by atoms with Gasteiger partial charge in [0.05, 0.1) is 5.69 Å². The number of hydrogen-bond donors (Lipinski definition) is 0. The second kappa shape index (κ2) is 11.3. The second-order valence-electron chi connectivity index (χ2n) is 8.14. The molecule has 0 spiro atoms. The van der Waals surface area contributed by atoms with Crippen LogP contribution in [0.1, 0.15) is 77.1 Å². The number of halogens is 3. The van der Waals surface area contributed by atoms with Gasteiger partial charge in [0.25, 0.3) is 0 Å². The third kappa shape index (κ3) is 6.97. The third-order valence-corrected chi connectivity index (χ3v) is 5.57. The van der Waals surface area contributed by atoms with Crippen molar-refractivity contribution in [3.63, 3.8) is 0 Å². The Morgan fingerprint density at radius 1 is 1.12 bits per heavy atom. The number of alkyl halides is 3. The Labute approximate surface area is 189 Å². The van der Waals surface area contributed by atoms with Crippen LogP contribution >= 0.6 is 0 Å². The number of rotatable bonds is 10. The molecule has 176 valence electrons. The highest BCUT2D eigenvalue weighted by Gasteiger charge is 2.31. The summed E-state index contributed by atoms with van der Waals surface area (Å²) < 4.78 is 41.6. The minimum Gasteiger partial charge on any atom is -0.406 e. The molecule has 4 nitrogen and oxygen atoms in total. The summed E-state index contributed by atoms with van der Waals surface area (Å²) in [4.78, 5) is 11.8. The van der Waals surface area contributed by atoms with Crippen LogP contribution in [-0.4, -0.2) is 23.4 Å². The van der Waals surface area contributed by atoms with Gasteiger partial charge in [0.1, 0.15) is 17.4 Å². The maximum Gasteiger partial charge on any atom is 0.573 e. The molecule has 0 bridgehead atoms. The molecule has 0 aliphatic rings. The van der Waals surface area contributed by atoms with Crippen LogP contribution in [0.2, 0.25) is 0 Å². The van der Waals surface area contributed by atoms with Crippen LogP contribution in [0.4, 0.5) is 19.0 Å². The number of ether oxygens (including phenoxy) is 1. The van der Waals surface area contributed by atoms with E-state index in [9.17, 15) is 13.2 Å². The minimum absolute atomic E-state index is 0.227. The molecule has 0 fully saturated rings. The van der Waals surface area contributed by atoms with Gasteiger partial charge in [-0.1, -0.05) is 39.2 Å². The predicted octanol–water partition coefficient (Wildman–Crippen LogP) is 7.78. The fraction of sp³-hybridized carbons (Fsp3) is 0.520. The molecule has 32 heavy (non-hydrogen) atoms. The lowest BCUT2D eigenvalue weighted by atomic mass is 9.97. The van der Waals surface area contributed by atoms with Gasteiger partial charge in [-0.3, -0.25) is 0 Å². The van der Waals surface area contributed by atoms with E-state index in [1.807, 2.05) is 18.9 Å². The van der Waals surface area contributed by atoms with Gasteiger partial charge in [-0.15, -0.1) is 13.2 Å². The number of hydrogen-bond acceptors (Lipinski definition) is 4. The highest BCUT2D eigenvalue weighted by molar-refractivity contribution is 5.69. The summed E-state index contributed by atoms with van der Waals surface area (Å²) in [5.41, 5.74) is 3.57. The Kier molecular flexibility index (Phi) is 9.10. The zero-order chi connectivity index (χ0) is 23.9. The molecule has 1 atom stereocenters. The normalized spacial score (nSPS) is 13.2. The van der Waals surface area contributed by atoms with Gasteiger partial charge in [-0.2, -0.15) is 0 Å². The van der Waals surface area contributed by atoms with Crippen molar-refractivity contribution >= 4 is 5.82 Å². The summed E-state index contributed by atoms with van der Waals surface area (Å²) in [6, 6.07) is 5.88. The Balaban J connectivity index is 2.57. The first-order chi connectivity index (χ1) is 15.1. The molecule has 2 rings (SSSR count). The van der Waals surface area contributed by atoms with E-state index in [-0.39, 0.29) is 11.7 Å². The molecule has 1 heterocycles. The van der Waals surface area contributed by atoms with Crippen molar-refractivity contribution in [2.45, 2.75) is 79.0 Å². The highest BCUT2D eigenvalue weighted by Crippen LogP contribution is 2.33. The zero-order valence-corrected chi connectivity index (χ0v) is 19.9. The molecular formula is C25H34F3N3O. The summed E-state index contributed by atoms with van der Waals surface area (Å²) >= 11 is 0. The molecule has 7 heteroatoms. The fourth-order valence-corrected chi connectivity index (χ4v) is 3.59. The molecule has 1 unspecified atom stereocenters. The van der Waals surface area contributed by atoms with Crippen LogP contribution in [0.25, 0.3) is 11.3 Å². The lowest BCUT2D eigenvalue weighted by Crippen LogP contribution is -2.17. The van der Waals surface area contributed by atoms with Crippen molar-refractivity contribution in [2.24, 2.45) is 0 Å². The molecule has 0 saturated carbocycles. The van der Waals surface area contributed by atoms with Gasteiger partial charge in [0.2, 0.25) is 0 Å². The Morgan fingerprint density at radius 3 is 2.31 bits per heavy atom. The molecule has 2 aromatic rings. The van der Waals surface area contributed by atoms with Gasteiger partial charge < -0.3 is 9.64 Å². The topological polar surface area (TPSA) is 38.2 Å². The van der Waals surface area contributed by atoms with E-state index in [4.69, 9.17) is 9.97 Å². The predicted molar refractivity (Wildman–Crippen MR) is 124 cm³/mol. The van der Waals surface area contributed by atoms with Gasteiger partial charge in [0.15, 0.2) is 0 Å². The summed E-state index contributed by atoms with van der Waals surface area (Å²) in [6.45, 7) is 10.4. The van der Waals surface area contributed by atoms with Crippen molar-refractivity contribution in [2.75, 3.05) is 11.9 Å². The molecule has 0 aliphatic heterocycles. The van der Waals surface area contributed by atoms with E-state index in [2.05, 4.69) is 38.6 Å². The Morgan fingerprint density at radius 2 is 1.78 bits per heavy atom. The summed E-state index contributed by atoms with van der Waals surface area (Å²) in [7, 11) is 1.97. The lowest BCUT2D eigenvalue weighted by molar-refractivity contribution is -0.274. The quantitative estimate of drug-likeness (QED) is 0.371. The highest BCUT2D eigenvalue weighted by atomic mass is 19.4. The number of aromatic nitrogens is 2. The zero-order valence-electron chi connectivity index (χ0n) is 19.9. The van der Waals surface area contributed by atoms with E-state index in [0.717, 1.165) is 60.6 Å². The van der Waals surface area contributed by atoms with Gasteiger partial charge in [0, 0.05) is 30.3 Å². The van der Waals surface area contributed by atoms with E-state index in [1.165, 1.54) is 17.7 Å². The maximum absolute atomic E-state index is 12.5. The minimum atomic E-state index is -4.72. The summed E-state index contributed by atoms with van der Waals surface area (Å²) in [5, 5.41) is 0. The average molecular weight is 450 g/mol. The Hall–Kier alpha value is -2.57. The van der Waals surface area contributed by atoms with Crippen LogP contribution in [0, 0.1) is 6.92 Å². The summed E-state index contributed by atoms with van der Waals surface area (Å²) in [6.07, 6.45) is 2.40.